The number of aliphatic hydroxyl groups is 1. The lowest BCUT2D eigenvalue weighted by atomic mass is 10.1. The number of carbonyl (C=O) groups excluding carboxylic acids is 1. The smallest absolute Gasteiger partial charge is 0.270 e. The van der Waals surface area contributed by atoms with Crippen molar-refractivity contribution in [1.82, 2.24) is 0 Å². The summed E-state index contributed by atoms with van der Waals surface area (Å²) >= 11 is 3.24. The van der Waals surface area contributed by atoms with E-state index in [-0.39, 0.29) is 24.6 Å². The van der Waals surface area contributed by atoms with Crippen LogP contribution < -0.4 is 4.90 Å². The summed E-state index contributed by atoms with van der Waals surface area (Å²) in [5.41, 5.74) is 1.18. The maximum atomic E-state index is 11.7. The van der Waals surface area contributed by atoms with Gasteiger partial charge in [0.15, 0.2) is 0 Å². The number of non-ortho nitro benzene ring substituents is 1. The molecule has 0 saturated carbocycles. The van der Waals surface area contributed by atoms with Gasteiger partial charge in [0, 0.05) is 16.6 Å². The molecule has 1 unspecified atom stereocenters. The second-order valence-electron chi connectivity index (χ2n) is 4.21. The highest BCUT2D eigenvalue weighted by Gasteiger charge is 2.31. The zero-order chi connectivity index (χ0) is 13.4. The number of rotatable bonds is 2. The van der Waals surface area contributed by atoms with Gasteiger partial charge in [0.2, 0.25) is 5.91 Å². The minimum Gasteiger partial charge on any atom is -0.391 e. The Hall–Kier alpha value is -1.47. The van der Waals surface area contributed by atoms with Crippen molar-refractivity contribution in [2.75, 3.05) is 11.4 Å². The molecule has 1 N–H and O–H groups in total. The topological polar surface area (TPSA) is 83.7 Å². The largest absolute Gasteiger partial charge is 0.391 e. The molecule has 96 valence electrons. The van der Waals surface area contributed by atoms with E-state index in [4.69, 9.17) is 0 Å². The van der Waals surface area contributed by atoms with E-state index in [0.717, 1.165) is 0 Å². The van der Waals surface area contributed by atoms with E-state index in [2.05, 4.69) is 15.9 Å². The van der Waals surface area contributed by atoms with Gasteiger partial charge < -0.3 is 10.0 Å². The summed E-state index contributed by atoms with van der Waals surface area (Å²) in [6.45, 7) is 1.92. The van der Waals surface area contributed by atoms with Crippen molar-refractivity contribution < 1.29 is 14.8 Å². The first-order chi connectivity index (χ1) is 8.40. The number of hydrogen-bond acceptors (Lipinski definition) is 4. The average molecular weight is 315 g/mol. The fourth-order valence-electron chi connectivity index (χ4n) is 2.07. The monoisotopic (exact) mass is 314 g/mol. The van der Waals surface area contributed by atoms with Crippen LogP contribution in [0, 0.1) is 17.0 Å². The molecular weight excluding hydrogens is 304 g/mol. The highest BCUT2D eigenvalue weighted by Crippen LogP contribution is 2.36. The highest BCUT2D eigenvalue weighted by molar-refractivity contribution is 9.10. The number of anilines is 1. The zero-order valence-corrected chi connectivity index (χ0v) is 11.2. The third kappa shape index (κ3) is 2.23. The van der Waals surface area contributed by atoms with Gasteiger partial charge in [-0.25, -0.2) is 0 Å². The second kappa shape index (κ2) is 4.66. The van der Waals surface area contributed by atoms with Crippen LogP contribution in [0.5, 0.6) is 0 Å². The molecule has 1 aromatic rings. The average Bonchev–Trinajstić information content (AvgIpc) is 2.56. The van der Waals surface area contributed by atoms with E-state index in [1.54, 1.807) is 6.92 Å². The normalized spacial score (nSPS) is 19.4. The quantitative estimate of drug-likeness (QED) is 0.666. The van der Waals surface area contributed by atoms with Crippen LogP contribution in [0.15, 0.2) is 16.6 Å². The van der Waals surface area contributed by atoms with Crippen molar-refractivity contribution in [3.63, 3.8) is 0 Å². The number of carbonyl (C=O) groups is 1. The number of benzene rings is 1. The van der Waals surface area contributed by atoms with E-state index in [0.29, 0.717) is 15.7 Å². The minimum absolute atomic E-state index is 0.0321. The molecule has 0 aliphatic carbocycles. The van der Waals surface area contributed by atoms with Crippen LogP contribution >= 0.6 is 15.9 Å². The Morgan fingerprint density at radius 1 is 1.56 bits per heavy atom. The summed E-state index contributed by atoms with van der Waals surface area (Å²) in [4.78, 5) is 23.4. The van der Waals surface area contributed by atoms with Crippen molar-refractivity contribution in [3.05, 3.63) is 32.3 Å². The fraction of sp³-hybridized carbons (Fsp3) is 0.364. The molecular formula is C11H11BrN2O4. The number of nitro benzene ring substituents is 1. The molecule has 18 heavy (non-hydrogen) atoms. The number of amides is 1. The number of aryl methyl sites for hydroxylation is 1. The predicted molar refractivity (Wildman–Crippen MR) is 68.5 cm³/mol. The Bertz CT molecular complexity index is 509. The van der Waals surface area contributed by atoms with E-state index in [9.17, 15) is 20.0 Å². The Morgan fingerprint density at radius 2 is 2.22 bits per heavy atom. The van der Waals surface area contributed by atoms with Crippen molar-refractivity contribution in [3.8, 4) is 0 Å². The number of nitrogens with zero attached hydrogens (tertiary/aromatic N) is 2. The van der Waals surface area contributed by atoms with Gasteiger partial charge in [-0.3, -0.25) is 14.9 Å². The van der Waals surface area contributed by atoms with Crippen LogP contribution in [0.4, 0.5) is 11.4 Å². The van der Waals surface area contributed by atoms with Crippen molar-refractivity contribution in [2.24, 2.45) is 0 Å². The molecule has 0 bridgehead atoms. The molecule has 6 nitrogen and oxygen atoms in total. The molecule has 1 heterocycles. The third-order valence-corrected chi connectivity index (χ3v) is 3.43. The first kappa shape index (κ1) is 13.0. The lowest BCUT2D eigenvalue weighted by Crippen LogP contribution is -2.26. The molecule has 7 heteroatoms. The zero-order valence-electron chi connectivity index (χ0n) is 9.59. The molecule has 0 spiro atoms. The summed E-state index contributed by atoms with van der Waals surface area (Å²) in [7, 11) is 0. The molecule has 1 aliphatic rings. The molecule has 0 aromatic heterocycles. The minimum atomic E-state index is -0.681. The molecule has 1 fully saturated rings. The van der Waals surface area contributed by atoms with Gasteiger partial charge >= 0.3 is 0 Å². The number of nitro groups is 1. The number of halogens is 1. The molecule has 1 atom stereocenters. The van der Waals surface area contributed by atoms with Crippen LogP contribution in [0.2, 0.25) is 0 Å². The van der Waals surface area contributed by atoms with Crippen LogP contribution in [0.25, 0.3) is 0 Å². The first-order valence-electron chi connectivity index (χ1n) is 5.33. The number of aliphatic hydroxyl groups excluding tert-OH is 1. The van der Waals surface area contributed by atoms with Crippen LogP contribution in [-0.4, -0.2) is 28.6 Å². The Balaban J connectivity index is 2.46. The van der Waals surface area contributed by atoms with E-state index in [1.165, 1.54) is 17.0 Å². The molecule has 1 amide bonds. The van der Waals surface area contributed by atoms with Gasteiger partial charge in [-0.1, -0.05) is 0 Å². The van der Waals surface area contributed by atoms with E-state index >= 15 is 0 Å². The highest BCUT2D eigenvalue weighted by atomic mass is 79.9. The van der Waals surface area contributed by atoms with Crippen molar-refractivity contribution >= 4 is 33.2 Å². The van der Waals surface area contributed by atoms with Gasteiger partial charge in [-0.2, -0.15) is 0 Å². The maximum Gasteiger partial charge on any atom is 0.270 e. The fourth-order valence-corrected chi connectivity index (χ4v) is 2.83. The van der Waals surface area contributed by atoms with Gasteiger partial charge in [-0.05, 0) is 28.4 Å². The summed E-state index contributed by atoms with van der Waals surface area (Å²) in [6, 6.07) is 2.78. The van der Waals surface area contributed by atoms with Gasteiger partial charge in [-0.15, -0.1) is 0 Å². The number of hydrogen-bond donors (Lipinski definition) is 1. The summed E-state index contributed by atoms with van der Waals surface area (Å²) in [5, 5.41) is 20.2. The number of β-amino-alcohol motifs (C(OH)–C–C–N with tert-alkyl or cyclic N) is 1. The lowest BCUT2D eigenvalue weighted by molar-refractivity contribution is -0.385. The Kier molecular flexibility index (Phi) is 3.36. The lowest BCUT2D eigenvalue weighted by Gasteiger charge is -2.20. The van der Waals surface area contributed by atoms with Gasteiger partial charge in [0.25, 0.3) is 5.69 Å². The maximum absolute atomic E-state index is 11.7. The molecule has 1 aliphatic heterocycles. The summed E-state index contributed by atoms with van der Waals surface area (Å²) in [5.74, 6) is -0.180. The van der Waals surface area contributed by atoms with Crippen LogP contribution in [-0.2, 0) is 4.79 Å². The molecule has 1 aromatic carbocycles. The van der Waals surface area contributed by atoms with Crippen LogP contribution in [0.1, 0.15) is 12.0 Å². The summed E-state index contributed by atoms with van der Waals surface area (Å²) < 4.78 is 0.483. The first-order valence-corrected chi connectivity index (χ1v) is 6.12. The van der Waals surface area contributed by atoms with E-state index in [1.807, 2.05) is 0 Å². The van der Waals surface area contributed by atoms with Crippen LogP contribution in [0.3, 0.4) is 0 Å². The molecule has 2 rings (SSSR count). The molecule has 1 saturated heterocycles. The van der Waals surface area contributed by atoms with E-state index < -0.39 is 11.0 Å². The standard InChI is InChI=1S/C11H11BrN2O4/c1-6-2-7(14(17)18)3-9(12)11(6)13-5-8(15)4-10(13)16/h2-3,8,15H,4-5H2,1H3. The van der Waals surface area contributed by atoms with Crippen molar-refractivity contribution in [2.45, 2.75) is 19.4 Å². The Morgan fingerprint density at radius 3 is 2.67 bits per heavy atom. The Labute approximate surface area is 111 Å². The molecule has 0 radical (unpaired) electrons. The van der Waals surface area contributed by atoms with Crippen molar-refractivity contribution in [1.29, 1.82) is 0 Å². The van der Waals surface area contributed by atoms with Gasteiger partial charge in [0.1, 0.15) is 0 Å². The second-order valence-corrected chi connectivity index (χ2v) is 5.07. The summed E-state index contributed by atoms with van der Waals surface area (Å²) in [6.07, 6.45) is -0.595. The third-order valence-electron chi connectivity index (χ3n) is 2.82. The SMILES string of the molecule is Cc1cc([N+](=O)[O-])cc(Br)c1N1CC(O)CC1=O. The predicted octanol–water partition coefficient (Wildman–Crippen LogP) is 1.76. The van der Waals surface area contributed by atoms with Gasteiger partial charge in [0.05, 0.1) is 29.7 Å².